The van der Waals surface area contributed by atoms with E-state index in [-0.39, 0.29) is 42.4 Å². The lowest BCUT2D eigenvalue weighted by Gasteiger charge is -2.35. The van der Waals surface area contributed by atoms with E-state index < -0.39 is 53.7 Å². The lowest BCUT2D eigenvalue weighted by molar-refractivity contribution is -0.274. The van der Waals surface area contributed by atoms with Crippen LogP contribution in [0.25, 0.3) is 0 Å². The van der Waals surface area contributed by atoms with Crippen LogP contribution in [-0.2, 0) is 37.3 Å². The second kappa shape index (κ2) is 15.1. The summed E-state index contributed by atoms with van der Waals surface area (Å²) in [4.78, 5) is 15.2. The van der Waals surface area contributed by atoms with Gasteiger partial charge in [0.05, 0.1) is 18.2 Å². The first-order valence-electron chi connectivity index (χ1n) is 15.4. The van der Waals surface area contributed by atoms with Crippen LogP contribution in [0.2, 0.25) is 0 Å². The number of hydrogen-bond acceptors (Lipinski definition) is 7. The normalized spacial score (nSPS) is 17.2. The summed E-state index contributed by atoms with van der Waals surface area (Å²) in [7, 11) is 1.39. The predicted octanol–water partition coefficient (Wildman–Crippen LogP) is 7.85. The summed E-state index contributed by atoms with van der Waals surface area (Å²) in [5.41, 5.74) is -2.76. The Morgan fingerprint density at radius 2 is 1.51 bits per heavy atom. The molecule has 1 saturated carbocycles. The minimum atomic E-state index is -5.10. The Balaban J connectivity index is 1.69. The summed E-state index contributed by atoms with van der Waals surface area (Å²) in [5, 5.41) is 20.7. The van der Waals surface area contributed by atoms with Gasteiger partial charge in [-0.05, 0) is 90.8 Å². The van der Waals surface area contributed by atoms with E-state index in [1.807, 2.05) is 11.8 Å². The number of ether oxygens (including phenoxy) is 1. The zero-order chi connectivity index (χ0) is 36.1. The van der Waals surface area contributed by atoms with Crippen LogP contribution < -0.4 is 14.5 Å². The second-order valence-corrected chi connectivity index (χ2v) is 12.0. The second-order valence-electron chi connectivity index (χ2n) is 12.0. The number of aryl methyl sites for hydroxylation is 1. The van der Waals surface area contributed by atoms with Gasteiger partial charge in [0.25, 0.3) is 5.95 Å². The average Bonchev–Trinajstić information content (AvgIpc) is 3.43. The molecule has 1 aliphatic carbocycles. The molecule has 0 amide bonds. The molecule has 1 aromatic heterocycles. The van der Waals surface area contributed by atoms with E-state index in [1.165, 1.54) is 18.0 Å². The summed E-state index contributed by atoms with van der Waals surface area (Å²) < 4.78 is 126. The van der Waals surface area contributed by atoms with E-state index in [4.69, 9.17) is 5.11 Å². The maximum absolute atomic E-state index is 13.6. The minimum absolute atomic E-state index is 0.00319. The number of rotatable bonds is 13. The van der Waals surface area contributed by atoms with Gasteiger partial charge < -0.3 is 19.6 Å². The molecule has 0 saturated heterocycles. The van der Waals surface area contributed by atoms with Gasteiger partial charge in [-0.2, -0.15) is 31.1 Å². The molecule has 1 aliphatic rings. The molecule has 0 atom stereocenters. The number of hydrogen-bond donors (Lipinski definition) is 1. The molecule has 0 radical (unpaired) electrons. The van der Waals surface area contributed by atoms with E-state index in [2.05, 4.69) is 20.1 Å². The van der Waals surface area contributed by atoms with Crippen molar-refractivity contribution in [2.24, 2.45) is 18.9 Å². The lowest BCUT2D eigenvalue weighted by Crippen LogP contribution is -2.33. The average molecular weight is 711 g/mol. The van der Waals surface area contributed by atoms with Crippen LogP contribution in [-0.4, -0.2) is 50.7 Å². The van der Waals surface area contributed by atoms with Crippen molar-refractivity contribution in [3.63, 3.8) is 0 Å². The molecule has 3 aromatic rings. The number of carboxylic acids is 1. The molecule has 1 N–H and O–H groups in total. The summed E-state index contributed by atoms with van der Waals surface area (Å²) in [5.74, 6) is -1.16. The number of benzene rings is 2. The highest BCUT2D eigenvalue weighted by atomic mass is 19.4. The first-order chi connectivity index (χ1) is 22.8. The van der Waals surface area contributed by atoms with Crippen LogP contribution in [0, 0.1) is 11.8 Å². The zero-order valence-electron chi connectivity index (χ0n) is 26.5. The molecule has 9 nitrogen and oxygen atoms in total. The van der Waals surface area contributed by atoms with Gasteiger partial charge in [0.15, 0.2) is 0 Å². The Bertz CT molecular complexity index is 1540. The van der Waals surface area contributed by atoms with Crippen LogP contribution in [0.4, 0.5) is 51.1 Å². The first kappa shape index (κ1) is 37.6. The molecule has 0 aliphatic heterocycles. The first-order valence-corrected chi connectivity index (χ1v) is 15.4. The fraction of sp³-hybridized carbons (Fsp3) is 0.548. The Kier molecular flexibility index (Phi) is 11.6. The summed E-state index contributed by atoms with van der Waals surface area (Å²) >= 11 is 0. The molecular formula is C31H35F9N6O3. The third kappa shape index (κ3) is 10.9. The fourth-order valence-electron chi connectivity index (χ4n) is 6.07. The molecule has 0 bridgehead atoms. The SMILES string of the molecule is CCN(CC1CCC(CCC(=O)O)CC1)c1ccc(OC(F)(F)F)cc1CN(Cc1cc(C(F)(F)F)cc(C(F)(F)F)c1)c1nnn(C)n1. The number of alkyl halides is 9. The highest BCUT2D eigenvalue weighted by Crippen LogP contribution is 2.38. The number of nitrogens with zero attached hydrogens (tertiary/aromatic N) is 6. The standard InChI is InChI=1S/C31H35F9N6O3/c1-3-45(16-20-6-4-19(5-7-20)8-11-27(47)48)26-10-9-25(49-31(38,39)40)14-22(26)18-46(28-41-43-44(2)42-28)17-21-12-23(29(32,33)34)15-24(13-21)30(35,36)37/h9-10,12-15,19-20H,3-8,11,16-18H2,1-2H3,(H,47,48). The van der Waals surface area contributed by atoms with Crippen molar-refractivity contribution in [3.05, 3.63) is 58.7 Å². The number of aromatic nitrogens is 4. The summed E-state index contributed by atoms with van der Waals surface area (Å²) in [6.07, 6.45) is -11.3. The molecular weight excluding hydrogens is 675 g/mol. The number of tetrazole rings is 1. The van der Waals surface area contributed by atoms with Crippen molar-refractivity contribution in [1.29, 1.82) is 0 Å². The van der Waals surface area contributed by atoms with Crippen molar-refractivity contribution < 1.29 is 54.2 Å². The maximum Gasteiger partial charge on any atom is 0.573 e. The Morgan fingerprint density at radius 1 is 0.898 bits per heavy atom. The van der Waals surface area contributed by atoms with E-state index in [1.54, 1.807) is 0 Å². The van der Waals surface area contributed by atoms with Gasteiger partial charge in [-0.15, -0.1) is 18.3 Å². The molecule has 4 rings (SSSR count). The van der Waals surface area contributed by atoms with Crippen molar-refractivity contribution in [2.75, 3.05) is 22.9 Å². The molecule has 18 heteroatoms. The van der Waals surface area contributed by atoms with Gasteiger partial charge in [-0.25, -0.2) is 0 Å². The molecule has 2 aromatic carbocycles. The number of carbonyl (C=O) groups is 1. The van der Waals surface area contributed by atoms with Crippen molar-refractivity contribution in [3.8, 4) is 5.75 Å². The summed E-state index contributed by atoms with van der Waals surface area (Å²) in [6, 6.07) is 4.80. The lowest BCUT2D eigenvalue weighted by atomic mass is 9.79. The number of carboxylic acid groups (broad SMARTS) is 1. The van der Waals surface area contributed by atoms with Crippen LogP contribution in [0.1, 0.15) is 67.7 Å². The van der Waals surface area contributed by atoms with Gasteiger partial charge in [0.1, 0.15) is 5.75 Å². The third-order valence-electron chi connectivity index (χ3n) is 8.38. The molecule has 270 valence electrons. The fourth-order valence-corrected chi connectivity index (χ4v) is 6.07. The molecule has 49 heavy (non-hydrogen) atoms. The van der Waals surface area contributed by atoms with Crippen LogP contribution in [0.15, 0.2) is 36.4 Å². The number of halogens is 9. The molecule has 1 heterocycles. The van der Waals surface area contributed by atoms with E-state index in [9.17, 15) is 44.3 Å². The van der Waals surface area contributed by atoms with Crippen molar-refractivity contribution in [2.45, 2.75) is 77.3 Å². The number of anilines is 2. The number of aliphatic carboxylic acids is 1. The molecule has 0 spiro atoms. The van der Waals surface area contributed by atoms with Crippen LogP contribution in [0.5, 0.6) is 5.75 Å². The summed E-state index contributed by atoms with van der Waals surface area (Å²) in [6.45, 7) is 1.82. The Morgan fingerprint density at radius 3 is 2.02 bits per heavy atom. The monoisotopic (exact) mass is 710 g/mol. The van der Waals surface area contributed by atoms with Crippen LogP contribution in [0.3, 0.4) is 0 Å². The van der Waals surface area contributed by atoms with Crippen molar-refractivity contribution >= 4 is 17.6 Å². The Hall–Kier alpha value is -4.25. The largest absolute Gasteiger partial charge is 0.573 e. The van der Waals surface area contributed by atoms with Gasteiger partial charge in [-0.1, -0.05) is 17.9 Å². The Labute approximate surface area is 275 Å². The highest BCUT2D eigenvalue weighted by molar-refractivity contribution is 5.66. The van der Waals surface area contributed by atoms with Gasteiger partial charge in [0.2, 0.25) is 0 Å². The predicted molar refractivity (Wildman–Crippen MR) is 158 cm³/mol. The quantitative estimate of drug-likeness (QED) is 0.179. The maximum atomic E-state index is 13.6. The molecule has 1 fully saturated rings. The van der Waals surface area contributed by atoms with Crippen LogP contribution >= 0.6 is 0 Å². The van der Waals surface area contributed by atoms with Gasteiger partial charge >= 0.3 is 24.7 Å². The highest BCUT2D eigenvalue weighted by Gasteiger charge is 2.37. The smallest absolute Gasteiger partial charge is 0.481 e. The van der Waals surface area contributed by atoms with E-state index in [0.29, 0.717) is 37.3 Å². The van der Waals surface area contributed by atoms with Gasteiger partial charge in [-0.3, -0.25) is 4.79 Å². The third-order valence-corrected chi connectivity index (χ3v) is 8.38. The van der Waals surface area contributed by atoms with E-state index >= 15 is 0 Å². The van der Waals surface area contributed by atoms with E-state index in [0.717, 1.165) is 42.6 Å². The van der Waals surface area contributed by atoms with Gasteiger partial charge in [0, 0.05) is 38.3 Å². The minimum Gasteiger partial charge on any atom is -0.481 e. The topological polar surface area (TPSA) is 96.6 Å². The zero-order valence-corrected chi connectivity index (χ0v) is 26.5. The molecule has 0 unspecified atom stereocenters. The van der Waals surface area contributed by atoms with Crippen molar-refractivity contribution in [1.82, 2.24) is 20.2 Å².